The third-order valence-corrected chi connectivity index (χ3v) is 4.65. The van der Waals surface area contributed by atoms with E-state index in [-0.39, 0.29) is 0 Å². The van der Waals surface area contributed by atoms with Crippen molar-refractivity contribution in [1.29, 1.82) is 0 Å². The number of carbonyl (C=O) groups is 1. The van der Waals surface area contributed by atoms with E-state index in [1.54, 1.807) is 18.2 Å². The van der Waals surface area contributed by atoms with Gasteiger partial charge in [-0.2, -0.15) is 0 Å². The predicted molar refractivity (Wildman–Crippen MR) is 113 cm³/mol. The summed E-state index contributed by atoms with van der Waals surface area (Å²) in [4.78, 5) is 12.1. The molecule has 0 atom stereocenters. The zero-order valence-corrected chi connectivity index (χ0v) is 17.1. The smallest absolute Gasteiger partial charge is 0.341 e. The highest BCUT2D eigenvalue weighted by molar-refractivity contribution is 5.92. The summed E-state index contributed by atoms with van der Waals surface area (Å²) in [7, 11) is 1.36. The van der Waals surface area contributed by atoms with Gasteiger partial charge in [-0.25, -0.2) is 4.79 Å². The van der Waals surface area contributed by atoms with E-state index >= 15 is 0 Å². The Bertz CT molecular complexity index is 931. The Morgan fingerprint density at radius 1 is 0.828 bits per heavy atom. The Labute approximate surface area is 172 Å². The molecule has 0 spiro atoms. The molecule has 4 heteroatoms. The minimum absolute atomic E-state index is 0.352. The molecule has 0 N–H and O–H groups in total. The van der Waals surface area contributed by atoms with E-state index in [9.17, 15) is 4.79 Å². The maximum atomic E-state index is 12.1. The first-order chi connectivity index (χ1) is 14.1. The zero-order valence-electron chi connectivity index (χ0n) is 17.1. The van der Waals surface area contributed by atoms with Crippen molar-refractivity contribution in [1.82, 2.24) is 0 Å². The van der Waals surface area contributed by atoms with Crippen LogP contribution in [0.1, 0.15) is 46.8 Å². The summed E-state index contributed by atoms with van der Waals surface area (Å²) in [6, 6.07) is 23.4. The van der Waals surface area contributed by atoms with Crippen LogP contribution in [0.15, 0.2) is 72.8 Å². The minimum atomic E-state index is -0.440. The van der Waals surface area contributed by atoms with E-state index in [1.807, 2.05) is 42.5 Å². The van der Waals surface area contributed by atoms with Crippen molar-refractivity contribution in [2.45, 2.75) is 33.0 Å². The molecule has 0 aliphatic rings. The van der Waals surface area contributed by atoms with Crippen LogP contribution in [0, 0.1) is 0 Å². The molecule has 0 aliphatic carbocycles. The molecule has 150 valence electrons. The Hall–Kier alpha value is -3.27. The summed E-state index contributed by atoms with van der Waals surface area (Å²) in [6.45, 7) is 5.11. The summed E-state index contributed by atoms with van der Waals surface area (Å²) < 4.78 is 16.7. The topological polar surface area (TPSA) is 44.8 Å². The average molecular weight is 390 g/mol. The van der Waals surface area contributed by atoms with E-state index in [0.717, 1.165) is 11.1 Å². The largest absolute Gasteiger partial charge is 0.489 e. The van der Waals surface area contributed by atoms with Crippen LogP contribution < -0.4 is 9.47 Å². The van der Waals surface area contributed by atoms with Gasteiger partial charge in [-0.15, -0.1) is 0 Å². The van der Waals surface area contributed by atoms with Gasteiger partial charge in [0.2, 0.25) is 0 Å². The van der Waals surface area contributed by atoms with E-state index in [4.69, 9.17) is 14.2 Å². The monoisotopic (exact) mass is 390 g/mol. The predicted octanol–water partition coefficient (Wildman–Crippen LogP) is 5.75. The first-order valence-electron chi connectivity index (χ1n) is 9.67. The highest BCUT2D eigenvalue weighted by atomic mass is 16.5. The normalized spacial score (nSPS) is 10.6. The first-order valence-corrected chi connectivity index (χ1v) is 9.67. The first kappa shape index (κ1) is 20.5. The molecule has 0 radical (unpaired) electrons. The van der Waals surface area contributed by atoms with Gasteiger partial charge in [-0.1, -0.05) is 68.4 Å². The Morgan fingerprint density at radius 3 is 2.14 bits per heavy atom. The maximum absolute atomic E-state index is 12.1. The lowest BCUT2D eigenvalue weighted by atomic mass is 10.0. The third kappa shape index (κ3) is 5.61. The van der Waals surface area contributed by atoms with Gasteiger partial charge < -0.3 is 14.2 Å². The molecule has 3 rings (SSSR count). The molecule has 0 amide bonds. The van der Waals surface area contributed by atoms with Gasteiger partial charge in [-0.3, -0.25) is 0 Å². The fourth-order valence-corrected chi connectivity index (χ4v) is 2.89. The second kappa shape index (κ2) is 9.78. The van der Waals surface area contributed by atoms with Crippen LogP contribution in [0.4, 0.5) is 0 Å². The van der Waals surface area contributed by atoms with Gasteiger partial charge in [0.1, 0.15) is 30.3 Å². The summed E-state index contributed by atoms with van der Waals surface area (Å²) in [5, 5.41) is 0. The molecule has 0 saturated carbocycles. The molecule has 0 aromatic heterocycles. The molecule has 3 aromatic rings. The van der Waals surface area contributed by atoms with Gasteiger partial charge in [0.25, 0.3) is 0 Å². The second-order valence-corrected chi connectivity index (χ2v) is 7.11. The molecule has 0 bridgehead atoms. The lowest BCUT2D eigenvalue weighted by Crippen LogP contribution is -2.06. The molecule has 29 heavy (non-hydrogen) atoms. The van der Waals surface area contributed by atoms with Crippen molar-refractivity contribution in [3.63, 3.8) is 0 Å². The van der Waals surface area contributed by atoms with Crippen LogP contribution >= 0.6 is 0 Å². The van der Waals surface area contributed by atoms with Crippen LogP contribution in [0.25, 0.3) is 0 Å². The van der Waals surface area contributed by atoms with Gasteiger partial charge in [-0.05, 0) is 34.7 Å². The number of benzene rings is 3. The summed E-state index contributed by atoms with van der Waals surface area (Å²) in [5.74, 6) is 1.11. The standard InChI is InChI=1S/C25H26O4/c1-18(2)21-11-9-20(10-12-21)17-29-24-15-22(13-14-23(24)25(26)27-3)28-16-19-7-5-4-6-8-19/h4-15,18H,16-17H2,1-3H3. The number of methoxy groups -OCH3 is 1. The van der Waals surface area contributed by atoms with Crippen molar-refractivity contribution in [3.05, 3.63) is 95.1 Å². The number of carbonyl (C=O) groups excluding carboxylic acids is 1. The average Bonchev–Trinajstić information content (AvgIpc) is 2.76. The number of ether oxygens (including phenoxy) is 3. The van der Waals surface area contributed by atoms with E-state index in [2.05, 4.69) is 26.0 Å². The van der Waals surface area contributed by atoms with Crippen LogP contribution in [-0.4, -0.2) is 13.1 Å². The molecule has 0 unspecified atom stereocenters. The SMILES string of the molecule is COC(=O)c1ccc(OCc2ccccc2)cc1OCc1ccc(C(C)C)cc1. The van der Waals surface area contributed by atoms with Crippen molar-refractivity contribution >= 4 is 5.97 Å². The molecule has 0 saturated heterocycles. The van der Waals surface area contributed by atoms with Gasteiger partial charge in [0.15, 0.2) is 0 Å². The van der Waals surface area contributed by atoms with E-state index < -0.39 is 5.97 Å². The molecule has 3 aromatic carbocycles. The van der Waals surface area contributed by atoms with Gasteiger partial charge in [0.05, 0.1) is 7.11 Å². The third-order valence-electron chi connectivity index (χ3n) is 4.65. The maximum Gasteiger partial charge on any atom is 0.341 e. The van der Waals surface area contributed by atoms with Crippen LogP contribution in [0.2, 0.25) is 0 Å². The number of hydrogen-bond donors (Lipinski definition) is 0. The Morgan fingerprint density at radius 2 is 1.48 bits per heavy atom. The quantitative estimate of drug-likeness (QED) is 0.459. The Balaban J connectivity index is 1.74. The highest BCUT2D eigenvalue weighted by Gasteiger charge is 2.15. The molecule has 0 fully saturated rings. The van der Waals surface area contributed by atoms with Crippen LogP contribution in [-0.2, 0) is 18.0 Å². The van der Waals surface area contributed by atoms with Crippen molar-refractivity contribution in [3.8, 4) is 11.5 Å². The van der Waals surface area contributed by atoms with Gasteiger partial charge >= 0.3 is 5.97 Å². The molecule has 0 heterocycles. The number of hydrogen-bond acceptors (Lipinski definition) is 4. The van der Waals surface area contributed by atoms with Crippen LogP contribution in [0.5, 0.6) is 11.5 Å². The fraction of sp³-hybridized carbons (Fsp3) is 0.240. The molecular formula is C25H26O4. The van der Waals surface area contributed by atoms with Crippen molar-refractivity contribution in [2.75, 3.05) is 7.11 Å². The number of esters is 1. The summed E-state index contributed by atoms with van der Waals surface area (Å²) in [5.41, 5.74) is 3.75. The van der Waals surface area contributed by atoms with E-state index in [1.165, 1.54) is 12.7 Å². The molecule has 0 aliphatic heterocycles. The summed E-state index contributed by atoms with van der Waals surface area (Å²) >= 11 is 0. The number of rotatable bonds is 8. The minimum Gasteiger partial charge on any atom is -0.489 e. The lowest BCUT2D eigenvalue weighted by molar-refractivity contribution is 0.0595. The fourth-order valence-electron chi connectivity index (χ4n) is 2.89. The second-order valence-electron chi connectivity index (χ2n) is 7.11. The molecular weight excluding hydrogens is 364 g/mol. The Kier molecular flexibility index (Phi) is 6.90. The zero-order chi connectivity index (χ0) is 20.6. The molecule has 4 nitrogen and oxygen atoms in total. The van der Waals surface area contributed by atoms with Crippen molar-refractivity contribution in [2.24, 2.45) is 0 Å². The van der Waals surface area contributed by atoms with Crippen molar-refractivity contribution < 1.29 is 19.0 Å². The van der Waals surface area contributed by atoms with Gasteiger partial charge in [0, 0.05) is 6.07 Å². The summed E-state index contributed by atoms with van der Waals surface area (Å²) in [6.07, 6.45) is 0. The highest BCUT2D eigenvalue weighted by Crippen LogP contribution is 2.27. The van der Waals surface area contributed by atoms with Crippen LogP contribution in [0.3, 0.4) is 0 Å². The lowest BCUT2D eigenvalue weighted by Gasteiger charge is -2.14. The van der Waals surface area contributed by atoms with E-state index in [0.29, 0.717) is 36.2 Å².